The van der Waals surface area contributed by atoms with E-state index in [1.165, 1.54) is 12.1 Å². The highest BCUT2D eigenvalue weighted by molar-refractivity contribution is 7.92. The van der Waals surface area contributed by atoms with Crippen LogP contribution in [-0.2, 0) is 21.2 Å². The van der Waals surface area contributed by atoms with Crippen LogP contribution < -0.4 is 5.32 Å². The van der Waals surface area contributed by atoms with E-state index in [9.17, 15) is 31.5 Å². The number of nitrogens with one attached hydrogen (secondary N) is 1. The van der Waals surface area contributed by atoms with Gasteiger partial charge in [0.15, 0.2) is 27.3 Å². The fraction of sp³-hybridized carbons (Fsp3) is 0.400. The largest absolute Gasteiger partial charge is 0.387 e. The Bertz CT molecular complexity index is 1520. The summed E-state index contributed by atoms with van der Waals surface area (Å²) in [5.74, 6) is -6.17. The Morgan fingerprint density at radius 1 is 1.12 bits per heavy atom. The number of benzene rings is 2. The molecule has 3 aromatic rings. The summed E-state index contributed by atoms with van der Waals surface area (Å²) in [6.45, 7) is 3.94. The van der Waals surface area contributed by atoms with Gasteiger partial charge in [0.25, 0.3) is 5.91 Å². The number of hydrogen-bond donors (Lipinski definition) is 2. The number of rotatable bonds is 11. The van der Waals surface area contributed by atoms with Gasteiger partial charge in [-0.3, -0.25) is 9.78 Å². The number of hydrogen-bond acceptors (Lipinski definition) is 6. The van der Waals surface area contributed by atoms with E-state index < -0.39 is 50.0 Å². The Kier molecular flexibility index (Phi) is 9.97. The predicted molar refractivity (Wildman–Crippen MR) is 152 cm³/mol. The lowest BCUT2D eigenvalue weighted by Crippen LogP contribution is -2.40. The van der Waals surface area contributed by atoms with Crippen LogP contribution in [0.4, 0.5) is 18.9 Å². The van der Waals surface area contributed by atoms with Gasteiger partial charge in [-0.2, -0.15) is 0 Å². The number of sulfone groups is 1. The van der Waals surface area contributed by atoms with Crippen LogP contribution in [0.25, 0.3) is 0 Å². The first-order valence-corrected chi connectivity index (χ1v) is 15.5. The summed E-state index contributed by atoms with van der Waals surface area (Å²) in [7, 11) is -4.10. The van der Waals surface area contributed by atoms with E-state index in [2.05, 4.69) is 10.3 Å². The highest BCUT2D eigenvalue weighted by Gasteiger charge is 2.46. The molecule has 1 aliphatic carbocycles. The van der Waals surface area contributed by atoms with Crippen molar-refractivity contribution in [2.75, 3.05) is 11.9 Å². The average molecular weight is 625 g/mol. The Balaban J connectivity index is 1.54. The number of pyridine rings is 1. The van der Waals surface area contributed by atoms with Crippen molar-refractivity contribution >= 4 is 33.0 Å². The standard InChI is InChI=1S/C30H32ClF3N2O5S/c1-3-30(38,17-41-16-19-8-10-35-11-9-19)15-21-5-4-18(2)28(21)42(39,40)26-12-20(6-7-23(26)31)29(37)36-22-13-24(32)27(34)25(33)14-22/h6-14,18,21,28,38H,3-5,15-17H2,1-2H3,(H,36,37)/t18?,21-,28?,30-/m0/s1. The van der Waals surface area contributed by atoms with E-state index in [4.69, 9.17) is 16.3 Å². The minimum absolute atomic E-state index is 0.0183. The van der Waals surface area contributed by atoms with Gasteiger partial charge >= 0.3 is 0 Å². The van der Waals surface area contributed by atoms with E-state index in [-0.39, 0.29) is 46.7 Å². The first-order chi connectivity index (χ1) is 19.8. The van der Waals surface area contributed by atoms with Crippen molar-refractivity contribution in [3.8, 4) is 0 Å². The summed E-state index contributed by atoms with van der Waals surface area (Å²) in [5.41, 5.74) is -0.836. The summed E-state index contributed by atoms with van der Waals surface area (Å²) >= 11 is 6.34. The van der Waals surface area contributed by atoms with Crippen molar-refractivity contribution in [3.05, 3.63) is 88.5 Å². The van der Waals surface area contributed by atoms with Gasteiger partial charge in [-0.25, -0.2) is 21.6 Å². The van der Waals surface area contributed by atoms with Crippen molar-refractivity contribution < 1.29 is 36.2 Å². The van der Waals surface area contributed by atoms with Gasteiger partial charge in [0.1, 0.15) is 0 Å². The van der Waals surface area contributed by atoms with Crippen LogP contribution in [0, 0.1) is 29.3 Å². The Labute approximate surface area is 248 Å². The van der Waals surface area contributed by atoms with E-state index in [0.29, 0.717) is 31.4 Å². The second-order valence-electron chi connectivity index (χ2n) is 10.8. The highest BCUT2D eigenvalue weighted by Crippen LogP contribution is 2.44. The molecule has 4 rings (SSSR count). The van der Waals surface area contributed by atoms with E-state index in [1.807, 2.05) is 13.8 Å². The molecule has 2 unspecified atom stereocenters. The molecule has 0 spiro atoms. The monoisotopic (exact) mass is 624 g/mol. The first kappa shape index (κ1) is 31.9. The van der Waals surface area contributed by atoms with Gasteiger partial charge in [-0.1, -0.05) is 25.4 Å². The third-order valence-corrected chi connectivity index (χ3v) is 10.8. The summed E-state index contributed by atoms with van der Waals surface area (Å²) in [6, 6.07) is 8.50. The zero-order valence-corrected chi connectivity index (χ0v) is 24.7. The molecule has 7 nitrogen and oxygen atoms in total. The number of anilines is 1. The van der Waals surface area contributed by atoms with E-state index in [1.54, 1.807) is 24.5 Å². The van der Waals surface area contributed by atoms with Crippen LogP contribution in [0.15, 0.2) is 59.8 Å². The normalized spacial score (nSPS) is 20.3. The maximum absolute atomic E-state index is 14.0. The summed E-state index contributed by atoms with van der Waals surface area (Å²) in [4.78, 5) is 16.6. The summed E-state index contributed by atoms with van der Waals surface area (Å²) in [6.07, 6.45) is 5.01. The number of aromatic nitrogens is 1. The van der Waals surface area contributed by atoms with E-state index >= 15 is 0 Å². The van der Waals surface area contributed by atoms with Crippen molar-refractivity contribution in [2.45, 2.75) is 61.9 Å². The fourth-order valence-corrected chi connectivity index (χ4v) is 8.37. The molecule has 2 N–H and O–H groups in total. The number of ether oxygens (including phenoxy) is 1. The molecule has 0 bridgehead atoms. The molecule has 4 atom stereocenters. The Hall–Kier alpha value is -2.99. The lowest BCUT2D eigenvalue weighted by Gasteiger charge is -2.32. The smallest absolute Gasteiger partial charge is 0.255 e. The van der Waals surface area contributed by atoms with Gasteiger partial charge in [-0.05, 0) is 73.4 Å². The third kappa shape index (κ3) is 7.14. The van der Waals surface area contributed by atoms with Gasteiger partial charge in [0.05, 0.1) is 34.0 Å². The van der Waals surface area contributed by atoms with Crippen molar-refractivity contribution in [2.24, 2.45) is 11.8 Å². The molecule has 0 aliphatic heterocycles. The number of carbonyl (C=O) groups excluding carboxylic acids is 1. The number of nitrogens with zero attached hydrogens (tertiary/aromatic N) is 1. The molecule has 1 fully saturated rings. The molecule has 1 saturated carbocycles. The summed E-state index contributed by atoms with van der Waals surface area (Å²) < 4.78 is 74.4. The van der Waals surface area contributed by atoms with Crippen LogP contribution in [0.2, 0.25) is 5.02 Å². The lowest BCUT2D eigenvalue weighted by atomic mass is 9.87. The third-order valence-electron chi connectivity index (χ3n) is 7.81. The van der Waals surface area contributed by atoms with Gasteiger partial charge in [-0.15, -0.1) is 0 Å². The minimum atomic E-state index is -4.10. The van der Waals surface area contributed by atoms with Crippen LogP contribution in [0.1, 0.15) is 55.5 Å². The van der Waals surface area contributed by atoms with Gasteiger partial charge in [0.2, 0.25) is 0 Å². The molecule has 0 radical (unpaired) electrons. The molecular formula is C30H32ClF3N2O5S. The molecule has 12 heteroatoms. The van der Waals surface area contributed by atoms with E-state index in [0.717, 1.165) is 11.6 Å². The van der Waals surface area contributed by atoms with Gasteiger partial charge < -0.3 is 15.2 Å². The maximum atomic E-state index is 14.0. The molecule has 2 aromatic carbocycles. The second kappa shape index (κ2) is 13.1. The van der Waals surface area contributed by atoms with Crippen molar-refractivity contribution in [1.82, 2.24) is 4.98 Å². The minimum Gasteiger partial charge on any atom is -0.387 e. The molecule has 1 aliphatic rings. The number of amides is 1. The maximum Gasteiger partial charge on any atom is 0.255 e. The summed E-state index contributed by atoms with van der Waals surface area (Å²) in [5, 5.41) is 12.7. The molecule has 226 valence electrons. The van der Waals surface area contributed by atoms with Crippen LogP contribution in [-0.4, -0.2) is 41.9 Å². The predicted octanol–water partition coefficient (Wildman–Crippen LogP) is 6.34. The fourth-order valence-electron chi connectivity index (χ4n) is 5.52. The van der Waals surface area contributed by atoms with Crippen LogP contribution in [0.3, 0.4) is 0 Å². The van der Waals surface area contributed by atoms with Gasteiger partial charge in [0, 0.05) is 35.8 Å². The molecule has 42 heavy (non-hydrogen) atoms. The SMILES string of the molecule is CC[C@@](O)(COCc1ccncc1)C[C@@H]1CCC(C)C1S(=O)(=O)c1cc(C(=O)Nc2cc(F)c(F)c(F)c2)ccc1Cl. The zero-order valence-electron chi connectivity index (χ0n) is 23.1. The lowest BCUT2D eigenvalue weighted by molar-refractivity contribution is -0.0676. The van der Waals surface area contributed by atoms with Crippen molar-refractivity contribution in [3.63, 3.8) is 0 Å². The Morgan fingerprint density at radius 3 is 2.43 bits per heavy atom. The highest BCUT2D eigenvalue weighted by atomic mass is 35.5. The first-order valence-electron chi connectivity index (χ1n) is 13.5. The second-order valence-corrected chi connectivity index (χ2v) is 13.3. The number of aliphatic hydroxyl groups is 1. The molecule has 1 aromatic heterocycles. The quantitative estimate of drug-likeness (QED) is 0.241. The number of halogens is 4. The average Bonchev–Trinajstić information content (AvgIpc) is 3.32. The Morgan fingerprint density at radius 2 is 1.79 bits per heavy atom. The van der Waals surface area contributed by atoms with Crippen molar-refractivity contribution in [1.29, 1.82) is 0 Å². The molecule has 1 amide bonds. The van der Waals surface area contributed by atoms with Crippen LogP contribution >= 0.6 is 11.6 Å². The zero-order chi connectivity index (χ0) is 30.7. The topological polar surface area (TPSA) is 106 Å². The van der Waals surface area contributed by atoms with Crippen LogP contribution in [0.5, 0.6) is 0 Å². The molecule has 1 heterocycles. The number of carbonyl (C=O) groups is 1. The molecular weight excluding hydrogens is 593 g/mol. The molecule has 0 saturated heterocycles.